The molecule has 0 aromatic heterocycles. The first-order valence-electron chi connectivity index (χ1n) is 3.17. The number of terminal acetylenes is 1. The summed E-state index contributed by atoms with van der Waals surface area (Å²) in [6, 6.07) is 0. The Balaban J connectivity index is 2.24. The third-order valence-corrected chi connectivity index (χ3v) is 1.56. The number of hydrogen-bond donors (Lipinski definition) is 1. The molecule has 0 unspecified atom stereocenters. The minimum Gasteiger partial charge on any atom is -0.392 e. The van der Waals surface area contributed by atoms with Crippen LogP contribution in [0.25, 0.3) is 0 Å². The van der Waals surface area contributed by atoms with Crippen LogP contribution in [0.3, 0.4) is 0 Å². The predicted octanol–water partition coefficient (Wildman–Crippen LogP) is -0.314. The number of hydrogen-bond acceptors (Lipinski definition) is 2. The van der Waals surface area contributed by atoms with Crippen molar-refractivity contribution < 1.29 is 5.11 Å². The maximum Gasteiger partial charge on any atom is 0.0679 e. The van der Waals surface area contributed by atoms with Crippen molar-refractivity contribution in [1.82, 2.24) is 4.90 Å². The van der Waals surface area contributed by atoms with Gasteiger partial charge >= 0.3 is 0 Å². The van der Waals surface area contributed by atoms with Gasteiger partial charge in [0.25, 0.3) is 0 Å². The number of likely N-dealkylation sites (tertiary alicyclic amines) is 1. The third kappa shape index (κ3) is 1.70. The lowest BCUT2D eigenvalue weighted by Gasteiger charge is -2.08. The van der Waals surface area contributed by atoms with Gasteiger partial charge in [-0.1, -0.05) is 5.92 Å². The molecule has 0 spiro atoms. The van der Waals surface area contributed by atoms with E-state index in [1.54, 1.807) is 0 Å². The van der Waals surface area contributed by atoms with Crippen LogP contribution in [-0.2, 0) is 0 Å². The highest BCUT2D eigenvalue weighted by Crippen LogP contribution is 2.06. The number of aliphatic hydroxyl groups is 1. The smallest absolute Gasteiger partial charge is 0.0679 e. The molecule has 50 valence electrons. The van der Waals surface area contributed by atoms with Crippen LogP contribution in [0.1, 0.15) is 6.42 Å². The number of aliphatic hydroxyl groups excluding tert-OH is 1. The molecule has 0 aliphatic carbocycles. The molecule has 9 heavy (non-hydrogen) atoms. The summed E-state index contributed by atoms with van der Waals surface area (Å²) in [7, 11) is 0. The van der Waals surface area contributed by atoms with Crippen LogP contribution in [0.15, 0.2) is 0 Å². The molecular weight excluding hydrogens is 114 g/mol. The Kier molecular flexibility index (Phi) is 2.10. The molecule has 1 heterocycles. The van der Waals surface area contributed by atoms with Crippen LogP contribution in [0.5, 0.6) is 0 Å². The number of rotatable bonds is 1. The Morgan fingerprint density at radius 1 is 1.78 bits per heavy atom. The molecule has 1 rings (SSSR count). The van der Waals surface area contributed by atoms with E-state index in [0.717, 1.165) is 19.5 Å². The lowest BCUT2D eigenvalue weighted by molar-refractivity contribution is 0.180. The summed E-state index contributed by atoms with van der Waals surface area (Å²) in [4.78, 5) is 2.07. The standard InChI is InChI=1S/C7H11NO/c1-2-4-8-5-3-7(9)6-8/h1,7,9H,3-6H2/t7-/m0/s1. The molecule has 1 saturated heterocycles. The largest absolute Gasteiger partial charge is 0.392 e. The SMILES string of the molecule is C#CCN1CC[C@H](O)C1. The first kappa shape index (κ1) is 6.60. The average Bonchev–Trinajstić information content (AvgIpc) is 2.17. The van der Waals surface area contributed by atoms with Crippen LogP contribution < -0.4 is 0 Å². The minimum absolute atomic E-state index is 0.140. The van der Waals surface area contributed by atoms with Gasteiger partial charge in [-0.25, -0.2) is 0 Å². The van der Waals surface area contributed by atoms with Crippen molar-refractivity contribution in [3.63, 3.8) is 0 Å². The van der Waals surface area contributed by atoms with Crippen LogP contribution >= 0.6 is 0 Å². The van der Waals surface area contributed by atoms with Gasteiger partial charge in [0.15, 0.2) is 0 Å². The van der Waals surface area contributed by atoms with Gasteiger partial charge in [0.2, 0.25) is 0 Å². The minimum atomic E-state index is -0.140. The van der Waals surface area contributed by atoms with Crippen molar-refractivity contribution in [2.24, 2.45) is 0 Å². The lowest BCUT2D eigenvalue weighted by Crippen LogP contribution is -2.21. The van der Waals surface area contributed by atoms with Gasteiger partial charge in [0.05, 0.1) is 12.6 Å². The summed E-state index contributed by atoms with van der Waals surface area (Å²) < 4.78 is 0. The highest BCUT2D eigenvalue weighted by molar-refractivity contribution is 4.90. The van der Waals surface area contributed by atoms with Crippen LogP contribution in [0.4, 0.5) is 0 Å². The second kappa shape index (κ2) is 2.86. The zero-order valence-corrected chi connectivity index (χ0v) is 5.38. The zero-order chi connectivity index (χ0) is 6.69. The number of nitrogens with zero attached hydrogens (tertiary/aromatic N) is 1. The fraction of sp³-hybridized carbons (Fsp3) is 0.714. The van der Waals surface area contributed by atoms with E-state index in [9.17, 15) is 0 Å². The second-order valence-electron chi connectivity index (χ2n) is 2.38. The normalized spacial score (nSPS) is 28.2. The molecule has 2 heteroatoms. The molecule has 1 fully saturated rings. The van der Waals surface area contributed by atoms with E-state index in [1.165, 1.54) is 0 Å². The lowest BCUT2D eigenvalue weighted by atomic mass is 10.3. The fourth-order valence-corrected chi connectivity index (χ4v) is 1.08. The summed E-state index contributed by atoms with van der Waals surface area (Å²) in [5.41, 5.74) is 0. The van der Waals surface area contributed by atoms with Crippen molar-refractivity contribution in [2.45, 2.75) is 12.5 Å². The van der Waals surface area contributed by atoms with E-state index < -0.39 is 0 Å². The summed E-state index contributed by atoms with van der Waals surface area (Å²) in [6.45, 7) is 2.38. The summed E-state index contributed by atoms with van der Waals surface area (Å²) in [5.74, 6) is 2.54. The summed E-state index contributed by atoms with van der Waals surface area (Å²) >= 11 is 0. The average molecular weight is 125 g/mol. The molecular formula is C7H11NO. The van der Waals surface area contributed by atoms with Crippen molar-refractivity contribution >= 4 is 0 Å². The van der Waals surface area contributed by atoms with E-state index >= 15 is 0 Å². The van der Waals surface area contributed by atoms with Crippen molar-refractivity contribution in [2.75, 3.05) is 19.6 Å². The molecule has 0 aromatic carbocycles. The van der Waals surface area contributed by atoms with E-state index in [1.807, 2.05) is 0 Å². The molecule has 0 radical (unpaired) electrons. The molecule has 0 saturated carbocycles. The van der Waals surface area contributed by atoms with E-state index in [0.29, 0.717) is 6.54 Å². The summed E-state index contributed by atoms with van der Waals surface area (Å²) in [6.07, 6.45) is 5.82. The van der Waals surface area contributed by atoms with E-state index in [4.69, 9.17) is 11.5 Å². The van der Waals surface area contributed by atoms with E-state index in [-0.39, 0.29) is 6.10 Å². The van der Waals surface area contributed by atoms with E-state index in [2.05, 4.69) is 10.8 Å². The molecule has 1 aliphatic rings. The highest BCUT2D eigenvalue weighted by Gasteiger charge is 2.18. The molecule has 0 aromatic rings. The first-order valence-corrected chi connectivity index (χ1v) is 3.17. The van der Waals surface area contributed by atoms with Crippen molar-refractivity contribution in [3.05, 3.63) is 0 Å². The van der Waals surface area contributed by atoms with Crippen LogP contribution in [-0.4, -0.2) is 35.7 Å². The van der Waals surface area contributed by atoms with Crippen LogP contribution in [0, 0.1) is 12.3 Å². The molecule has 0 bridgehead atoms. The Hall–Kier alpha value is -0.520. The topological polar surface area (TPSA) is 23.5 Å². The Labute approximate surface area is 55.5 Å². The number of β-amino-alcohol motifs (C(OH)–C–C–N with tert-alkyl or cyclic N) is 1. The van der Waals surface area contributed by atoms with Gasteiger partial charge in [-0.2, -0.15) is 0 Å². The Bertz CT molecular complexity index is 127. The van der Waals surface area contributed by atoms with Gasteiger partial charge in [0.1, 0.15) is 0 Å². The Morgan fingerprint density at radius 3 is 3.00 bits per heavy atom. The molecule has 1 atom stereocenters. The monoisotopic (exact) mass is 125 g/mol. The third-order valence-electron chi connectivity index (χ3n) is 1.56. The van der Waals surface area contributed by atoms with Crippen molar-refractivity contribution in [1.29, 1.82) is 0 Å². The highest BCUT2D eigenvalue weighted by atomic mass is 16.3. The van der Waals surface area contributed by atoms with Crippen molar-refractivity contribution in [3.8, 4) is 12.3 Å². The van der Waals surface area contributed by atoms with Gasteiger partial charge < -0.3 is 5.11 Å². The van der Waals surface area contributed by atoms with Crippen LogP contribution in [0.2, 0.25) is 0 Å². The second-order valence-corrected chi connectivity index (χ2v) is 2.38. The van der Waals surface area contributed by atoms with Gasteiger partial charge in [-0.15, -0.1) is 6.42 Å². The van der Waals surface area contributed by atoms with Gasteiger partial charge in [0, 0.05) is 13.1 Å². The molecule has 1 N–H and O–H groups in total. The zero-order valence-electron chi connectivity index (χ0n) is 5.38. The molecule has 2 nitrogen and oxygen atoms in total. The summed E-state index contributed by atoms with van der Waals surface area (Å²) in [5, 5.41) is 9.02. The molecule has 1 aliphatic heterocycles. The quantitative estimate of drug-likeness (QED) is 0.486. The Morgan fingerprint density at radius 2 is 2.56 bits per heavy atom. The van der Waals surface area contributed by atoms with Gasteiger partial charge in [-0.3, -0.25) is 4.90 Å². The fourth-order valence-electron chi connectivity index (χ4n) is 1.08. The molecule has 0 amide bonds. The predicted molar refractivity (Wildman–Crippen MR) is 35.9 cm³/mol. The maximum absolute atomic E-state index is 9.02. The maximum atomic E-state index is 9.02. The first-order chi connectivity index (χ1) is 4.33. The van der Waals surface area contributed by atoms with Gasteiger partial charge in [-0.05, 0) is 6.42 Å².